The van der Waals surface area contributed by atoms with Crippen LogP contribution in [0, 0.1) is 20.8 Å². The van der Waals surface area contributed by atoms with Gasteiger partial charge in [0, 0.05) is 16.7 Å². The summed E-state index contributed by atoms with van der Waals surface area (Å²) in [5.41, 5.74) is 12.3. The van der Waals surface area contributed by atoms with Gasteiger partial charge in [0.1, 0.15) is 0 Å². The molecule has 0 heterocycles. The van der Waals surface area contributed by atoms with E-state index >= 15 is 0 Å². The number of rotatable bonds is 4. The Morgan fingerprint density at radius 2 is 1.75 bits per heavy atom. The van der Waals surface area contributed by atoms with Crippen LogP contribution in [0.4, 0.5) is 5.69 Å². The second-order valence-corrected chi connectivity index (χ2v) is 6.17. The summed E-state index contributed by atoms with van der Waals surface area (Å²) in [5, 5.41) is 3.53. The zero-order valence-electron chi connectivity index (χ0n) is 12.2. The fourth-order valence-electron chi connectivity index (χ4n) is 2.77. The van der Waals surface area contributed by atoms with Crippen molar-refractivity contribution >= 4 is 21.6 Å². The molecule has 0 spiro atoms. The molecule has 1 atom stereocenters. The van der Waals surface area contributed by atoms with E-state index in [0.29, 0.717) is 6.54 Å². The lowest BCUT2D eigenvalue weighted by atomic mass is 9.94. The van der Waals surface area contributed by atoms with Gasteiger partial charge in [-0.05, 0) is 55.7 Å². The van der Waals surface area contributed by atoms with E-state index in [4.69, 9.17) is 5.73 Å². The van der Waals surface area contributed by atoms with E-state index in [-0.39, 0.29) is 6.04 Å². The van der Waals surface area contributed by atoms with E-state index < -0.39 is 0 Å². The van der Waals surface area contributed by atoms with Crippen molar-refractivity contribution in [2.45, 2.75) is 26.8 Å². The molecule has 0 aliphatic carbocycles. The van der Waals surface area contributed by atoms with E-state index in [0.717, 1.165) is 10.2 Å². The monoisotopic (exact) mass is 332 g/mol. The van der Waals surface area contributed by atoms with Crippen LogP contribution in [0.25, 0.3) is 0 Å². The quantitative estimate of drug-likeness (QED) is 0.865. The normalized spacial score (nSPS) is 12.2. The predicted octanol–water partition coefficient (Wildman–Crippen LogP) is 4.49. The van der Waals surface area contributed by atoms with Crippen LogP contribution in [0.2, 0.25) is 0 Å². The lowest BCUT2D eigenvalue weighted by molar-refractivity contribution is 0.776. The number of hydrogen-bond donors (Lipinski definition) is 2. The molecule has 0 radical (unpaired) electrons. The van der Waals surface area contributed by atoms with E-state index in [1.165, 1.54) is 22.3 Å². The topological polar surface area (TPSA) is 38.0 Å². The van der Waals surface area contributed by atoms with Crippen LogP contribution in [-0.2, 0) is 0 Å². The van der Waals surface area contributed by atoms with E-state index in [9.17, 15) is 0 Å². The van der Waals surface area contributed by atoms with Crippen molar-refractivity contribution in [3.05, 3.63) is 63.1 Å². The minimum absolute atomic E-state index is 0.130. The van der Waals surface area contributed by atoms with Gasteiger partial charge in [-0.1, -0.05) is 39.7 Å². The van der Waals surface area contributed by atoms with Gasteiger partial charge in [0.25, 0.3) is 0 Å². The molecule has 3 heteroatoms. The number of halogens is 1. The number of nitrogens with one attached hydrogen (secondary N) is 1. The van der Waals surface area contributed by atoms with Gasteiger partial charge in [-0.3, -0.25) is 0 Å². The fraction of sp³-hybridized carbons (Fsp3) is 0.294. The Balaban J connectivity index is 2.34. The van der Waals surface area contributed by atoms with Crippen molar-refractivity contribution in [3.63, 3.8) is 0 Å². The van der Waals surface area contributed by atoms with Gasteiger partial charge < -0.3 is 11.1 Å². The number of benzene rings is 2. The third-order valence-corrected chi connectivity index (χ3v) is 3.98. The molecule has 2 aromatic rings. The van der Waals surface area contributed by atoms with Crippen molar-refractivity contribution in [2.75, 3.05) is 11.9 Å². The summed E-state index contributed by atoms with van der Waals surface area (Å²) < 4.78 is 1.07. The third-order valence-electron chi connectivity index (χ3n) is 3.49. The molecule has 0 aliphatic rings. The summed E-state index contributed by atoms with van der Waals surface area (Å²) in [7, 11) is 0. The Kier molecular flexibility index (Phi) is 4.84. The van der Waals surface area contributed by atoms with Crippen LogP contribution in [0.15, 0.2) is 40.9 Å². The number of aryl methyl sites for hydroxylation is 3. The van der Waals surface area contributed by atoms with E-state index in [1.807, 2.05) is 12.1 Å². The molecule has 2 aromatic carbocycles. The molecule has 0 saturated heterocycles. The summed E-state index contributed by atoms with van der Waals surface area (Å²) in [6.07, 6.45) is 0. The zero-order valence-corrected chi connectivity index (χ0v) is 13.8. The highest BCUT2D eigenvalue weighted by atomic mass is 79.9. The lowest BCUT2D eigenvalue weighted by Crippen LogP contribution is -2.22. The second-order valence-electron chi connectivity index (χ2n) is 5.26. The summed E-state index contributed by atoms with van der Waals surface area (Å²) >= 11 is 3.50. The molecule has 0 fully saturated rings. The smallest absolute Gasteiger partial charge is 0.0641 e. The Morgan fingerprint density at radius 1 is 1.10 bits per heavy atom. The van der Waals surface area contributed by atoms with Gasteiger partial charge in [0.15, 0.2) is 0 Å². The molecule has 0 aliphatic heterocycles. The van der Waals surface area contributed by atoms with Gasteiger partial charge in [-0.2, -0.15) is 0 Å². The SMILES string of the molecule is Cc1cc(C)c(C(CN)Nc2cccc(Br)c2)c(C)c1. The molecular weight excluding hydrogens is 312 g/mol. The van der Waals surface area contributed by atoms with Gasteiger partial charge in [0.05, 0.1) is 6.04 Å². The summed E-state index contributed by atoms with van der Waals surface area (Å²) in [4.78, 5) is 0. The van der Waals surface area contributed by atoms with Crippen LogP contribution in [0.1, 0.15) is 28.3 Å². The Bertz CT molecular complexity index is 585. The largest absolute Gasteiger partial charge is 0.377 e. The Hall–Kier alpha value is -1.32. The van der Waals surface area contributed by atoms with Gasteiger partial charge in [-0.15, -0.1) is 0 Å². The highest BCUT2D eigenvalue weighted by Crippen LogP contribution is 2.27. The first-order valence-corrected chi connectivity index (χ1v) is 7.60. The fourth-order valence-corrected chi connectivity index (χ4v) is 3.17. The Labute approximate surface area is 129 Å². The van der Waals surface area contributed by atoms with Crippen molar-refractivity contribution < 1.29 is 0 Å². The van der Waals surface area contributed by atoms with Crippen LogP contribution in [0.3, 0.4) is 0 Å². The number of anilines is 1. The molecule has 2 rings (SSSR count). The van der Waals surface area contributed by atoms with Crippen LogP contribution in [-0.4, -0.2) is 6.54 Å². The lowest BCUT2D eigenvalue weighted by Gasteiger charge is -2.23. The summed E-state index contributed by atoms with van der Waals surface area (Å²) in [5.74, 6) is 0. The van der Waals surface area contributed by atoms with Crippen molar-refractivity contribution in [3.8, 4) is 0 Å². The summed E-state index contributed by atoms with van der Waals surface area (Å²) in [6.45, 7) is 7.00. The van der Waals surface area contributed by atoms with Crippen molar-refractivity contribution in [2.24, 2.45) is 5.73 Å². The predicted molar refractivity (Wildman–Crippen MR) is 90.2 cm³/mol. The zero-order chi connectivity index (χ0) is 14.7. The number of nitrogens with two attached hydrogens (primary N) is 1. The van der Waals surface area contributed by atoms with E-state index in [1.54, 1.807) is 0 Å². The van der Waals surface area contributed by atoms with Crippen molar-refractivity contribution in [1.29, 1.82) is 0 Å². The molecule has 0 saturated carbocycles. The van der Waals surface area contributed by atoms with Crippen LogP contribution >= 0.6 is 15.9 Å². The molecule has 20 heavy (non-hydrogen) atoms. The minimum atomic E-state index is 0.130. The maximum Gasteiger partial charge on any atom is 0.0641 e. The number of hydrogen-bond acceptors (Lipinski definition) is 2. The third kappa shape index (κ3) is 3.41. The average Bonchev–Trinajstić information content (AvgIpc) is 2.36. The molecule has 0 aromatic heterocycles. The first-order valence-electron chi connectivity index (χ1n) is 6.81. The maximum absolute atomic E-state index is 5.99. The molecule has 1 unspecified atom stereocenters. The first kappa shape index (κ1) is 15.1. The molecular formula is C17H21BrN2. The van der Waals surface area contributed by atoms with Crippen LogP contribution < -0.4 is 11.1 Å². The average molecular weight is 333 g/mol. The highest BCUT2D eigenvalue weighted by molar-refractivity contribution is 9.10. The maximum atomic E-state index is 5.99. The van der Waals surface area contributed by atoms with Gasteiger partial charge in [0.2, 0.25) is 0 Å². The van der Waals surface area contributed by atoms with Crippen LogP contribution in [0.5, 0.6) is 0 Å². The molecule has 0 bridgehead atoms. The second kappa shape index (κ2) is 6.42. The molecule has 0 amide bonds. The molecule has 3 N–H and O–H groups in total. The summed E-state index contributed by atoms with van der Waals surface area (Å²) in [6, 6.07) is 12.7. The molecule has 106 valence electrons. The van der Waals surface area contributed by atoms with Crippen molar-refractivity contribution in [1.82, 2.24) is 0 Å². The van der Waals surface area contributed by atoms with Gasteiger partial charge in [-0.25, -0.2) is 0 Å². The molecule has 2 nitrogen and oxygen atoms in total. The Morgan fingerprint density at radius 3 is 2.30 bits per heavy atom. The van der Waals surface area contributed by atoms with Gasteiger partial charge >= 0.3 is 0 Å². The highest BCUT2D eigenvalue weighted by Gasteiger charge is 2.15. The minimum Gasteiger partial charge on any atom is -0.377 e. The van der Waals surface area contributed by atoms with E-state index in [2.05, 4.69) is 66.3 Å². The standard InChI is InChI=1S/C17H21BrN2/c1-11-7-12(2)17(13(3)8-11)16(10-19)20-15-6-4-5-14(18)9-15/h4-9,16,20H,10,19H2,1-3H3. The first-order chi connectivity index (χ1) is 9.51.